The molecule has 6 heteroatoms. The molecule has 1 aromatic heterocycles. The molecule has 4 rings (SSSR count). The van der Waals surface area contributed by atoms with E-state index in [1.165, 1.54) is 0 Å². The molecule has 3 atom stereocenters. The molecule has 2 fully saturated rings. The lowest BCUT2D eigenvalue weighted by Crippen LogP contribution is -2.48. The Hall–Kier alpha value is -1.79. The van der Waals surface area contributed by atoms with E-state index in [-0.39, 0.29) is 17.4 Å². The number of rotatable bonds is 1. The Labute approximate surface area is 158 Å². The summed E-state index contributed by atoms with van der Waals surface area (Å²) in [6.45, 7) is 6.63. The van der Waals surface area contributed by atoms with Crippen LogP contribution in [-0.2, 0) is 9.59 Å². The first-order valence-corrected chi connectivity index (χ1v) is 10.1. The van der Waals surface area contributed by atoms with Gasteiger partial charge in [0, 0.05) is 17.6 Å². The molecule has 1 amide bonds. The van der Waals surface area contributed by atoms with Crippen LogP contribution < -0.4 is 5.73 Å². The number of amides is 1. The van der Waals surface area contributed by atoms with E-state index >= 15 is 0 Å². The van der Waals surface area contributed by atoms with Crippen LogP contribution in [0, 0.1) is 5.41 Å². The molecule has 2 aromatic rings. The van der Waals surface area contributed by atoms with Crippen LogP contribution in [0.25, 0.3) is 10.9 Å². The third kappa shape index (κ3) is 3.53. The van der Waals surface area contributed by atoms with Crippen LogP contribution in [-0.4, -0.2) is 45.0 Å². The van der Waals surface area contributed by atoms with Gasteiger partial charge in [0.05, 0.1) is 16.9 Å². The fourth-order valence-corrected chi connectivity index (χ4v) is 5.32. The topological polar surface area (TPSA) is 68.3 Å². The van der Waals surface area contributed by atoms with Gasteiger partial charge >= 0.3 is 0 Å². The fraction of sp³-hybridized carbons (Fsp3) is 0.500. The number of nitrogens with zero attached hydrogens (tertiary/aromatic N) is 2. The van der Waals surface area contributed by atoms with Crippen LogP contribution in [0.15, 0.2) is 36.5 Å². The van der Waals surface area contributed by atoms with Gasteiger partial charge in [-0.2, -0.15) is 0 Å². The molecular formula is C20H27N3O2S. The normalized spacial score (nSPS) is 27.5. The summed E-state index contributed by atoms with van der Waals surface area (Å²) in [5, 5.41) is 1.45. The summed E-state index contributed by atoms with van der Waals surface area (Å²) in [5.41, 5.74) is 7.07. The van der Waals surface area contributed by atoms with Crippen molar-refractivity contribution in [3.8, 4) is 0 Å². The number of thioether (sulfide) groups is 1. The van der Waals surface area contributed by atoms with E-state index in [1.807, 2.05) is 47.0 Å². The Bertz CT molecular complexity index is 801. The molecule has 2 aliphatic heterocycles. The van der Waals surface area contributed by atoms with Gasteiger partial charge in [-0.05, 0) is 43.1 Å². The van der Waals surface area contributed by atoms with Crippen LogP contribution in [0.4, 0.5) is 0 Å². The summed E-state index contributed by atoms with van der Waals surface area (Å²) < 4.78 is 1.56. The Morgan fingerprint density at radius 3 is 2.73 bits per heavy atom. The predicted molar refractivity (Wildman–Crippen MR) is 108 cm³/mol. The van der Waals surface area contributed by atoms with Crippen molar-refractivity contribution >= 4 is 35.0 Å². The number of carbonyl (C=O) groups excluding carboxylic acids is 2. The monoisotopic (exact) mass is 373 g/mol. The predicted octanol–water partition coefficient (Wildman–Crippen LogP) is 3.10. The van der Waals surface area contributed by atoms with Gasteiger partial charge in [-0.1, -0.05) is 32.0 Å². The van der Waals surface area contributed by atoms with Crippen molar-refractivity contribution in [1.82, 2.24) is 9.47 Å². The minimum Gasteiger partial charge on any atom is -0.326 e. The standard InChI is InChI=1S/C11H20N2OS.C9H7NO/c1-7-11(2,3)6-9-13(7)10(14)8(12)4-5-15-9;11-7-10-6-5-8-3-1-2-4-9(8)10/h7-9H,4-6,12H2,1-3H3;1-7H. The first-order chi connectivity index (χ1) is 12.3. The largest absolute Gasteiger partial charge is 0.326 e. The smallest absolute Gasteiger partial charge is 0.240 e. The molecule has 1 aromatic carbocycles. The number of nitrogens with two attached hydrogens (primary N) is 1. The maximum absolute atomic E-state index is 12.1. The van der Waals surface area contributed by atoms with Gasteiger partial charge in [-0.25, -0.2) is 0 Å². The highest BCUT2D eigenvalue weighted by Crippen LogP contribution is 2.45. The van der Waals surface area contributed by atoms with Crippen molar-refractivity contribution in [1.29, 1.82) is 0 Å². The van der Waals surface area contributed by atoms with E-state index in [1.54, 1.807) is 10.8 Å². The average molecular weight is 374 g/mol. The number of hydrogen-bond acceptors (Lipinski definition) is 4. The van der Waals surface area contributed by atoms with Gasteiger partial charge in [0.15, 0.2) is 0 Å². The van der Waals surface area contributed by atoms with Crippen molar-refractivity contribution in [2.24, 2.45) is 11.1 Å². The van der Waals surface area contributed by atoms with E-state index < -0.39 is 0 Å². The molecule has 2 saturated heterocycles. The zero-order valence-corrected chi connectivity index (χ0v) is 16.4. The van der Waals surface area contributed by atoms with Crippen molar-refractivity contribution in [2.75, 3.05) is 5.75 Å². The molecule has 3 unspecified atom stereocenters. The number of hydrogen-bond donors (Lipinski definition) is 1. The van der Waals surface area contributed by atoms with Crippen LogP contribution in [0.5, 0.6) is 0 Å². The third-order valence-electron chi connectivity index (χ3n) is 5.61. The zero-order chi connectivity index (χ0) is 18.9. The number of para-hydroxylation sites is 1. The third-order valence-corrected chi connectivity index (χ3v) is 6.86. The van der Waals surface area contributed by atoms with Gasteiger partial charge in [-0.3, -0.25) is 14.2 Å². The van der Waals surface area contributed by atoms with E-state index in [2.05, 4.69) is 20.8 Å². The van der Waals surface area contributed by atoms with Crippen LogP contribution in [0.1, 0.15) is 33.6 Å². The molecule has 0 radical (unpaired) electrons. The molecular weight excluding hydrogens is 346 g/mol. The van der Waals surface area contributed by atoms with Crippen molar-refractivity contribution in [3.63, 3.8) is 0 Å². The Morgan fingerprint density at radius 2 is 2.00 bits per heavy atom. The summed E-state index contributed by atoms with van der Waals surface area (Å²) in [4.78, 5) is 24.6. The molecule has 3 heterocycles. The van der Waals surface area contributed by atoms with Gasteiger partial charge < -0.3 is 10.6 Å². The summed E-state index contributed by atoms with van der Waals surface area (Å²) >= 11 is 1.89. The van der Waals surface area contributed by atoms with Crippen molar-refractivity contribution in [3.05, 3.63) is 36.5 Å². The highest BCUT2D eigenvalue weighted by atomic mass is 32.2. The van der Waals surface area contributed by atoms with Crippen molar-refractivity contribution < 1.29 is 9.59 Å². The Kier molecular flexibility index (Phi) is 5.44. The maximum atomic E-state index is 12.1. The maximum Gasteiger partial charge on any atom is 0.240 e. The summed E-state index contributed by atoms with van der Waals surface area (Å²) in [5.74, 6) is 1.17. The number of fused-ring (bicyclic) bond motifs is 2. The van der Waals surface area contributed by atoms with Gasteiger partial charge in [0.1, 0.15) is 0 Å². The molecule has 0 aliphatic carbocycles. The zero-order valence-electron chi connectivity index (χ0n) is 15.6. The molecule has 140 valence electrons. The number of benzene rings is 1. The summed E-state index contributed by atoms with van der Waals surface area (Å²) in [6.07, 6.45) is 4.49. The molecule has 2 aliphatic rings. The molecule has 2 N–H and O–H groups in total. The minimum absolute atomic E-state index is 0.156. The summed E-state index contributed by atoms with van der Waals surface area (Å²) in [7, 11) is 0. The molecule has 0 saturated carbocycles. The van der Waals surface area contributed by atoms with Crippen molar-refractivity contribution in [2.45, 2.75) is 51.1 Å². The molecule has 5 nitrogen and oxygen atoms in total. The lowest BCUT2D eigenvalue weighted by atomic mass is 9.86. The minimum atomic E-state index is -0.279. The SMILES string of the molecule is CC1N2C(=O)C(N)CCSC2CC1(C)C.O=Cn1ccc2ccccc21. The Balaban J connectivity index is 0.000000158. The molecule has 0 bridgehead atoms. The van der Waals surface area contributed by atoms with E-state index in [0.717, 1.165) is 35.9 Å². The lowest BCUT2D eigenvalue weighted by molar-refractivity contribution is -0.134. The van der Waals surface area contributed by atoms with Crippen LogP contribution in [0.3, 0.4) is 0 Å². The highest BCUT2D eigenvalue weighted by Gasteiger charge is 2.48. The first kappa shape index (κ1) is 19.0. The number of aromatic nitrogens is 1. The average Bonchev–Trinajstić information content (AvgIpc) is 3.09. The Morgan fingerprint density at radius 1 is 1.27 bits per heavy atom. The van der Waals surface area contributed by atoms with Gasteiger partial charge in [0.2, 0.25) is 12.3 Å². The van der Waals surface area contributed by atoms with Gasteiger partial charge in [-0.15, -0.1) is 11.8 Å². The second-order valence-electron chi connectivity index (χ2n) is 7.72. The lowest BCUT2D eigenvalue weighted by Gasteiger charge is -2.31. The highest BCUT2D eigenvalue weighted by molar-refractivity contribution is 7.99. The fourth-order valence-electron chi connectivity index (χ4n) is 3.66. The van der Waals surface area contributed by atoms with E-state index in [9.17, 15) is 9.59 Å². The van der Waals surface area contributed by atoms with E-state index in [4.69, 9.17) is 5.73 Å². The van der Waals surface area contributed by atoms with Crippen LogP contribution in [0.2, 0.25) is 0 Å². The molecule has 26 heavy (non-hydrogen) atoms. The summed E-state index contributed by atoms with van der Waals surface area (Å²) in [6, 6.07) is 9.73. The quantitative estimate of drug-likeness (QED) is 0.780. The van der Waals surface area contributed by atoms with Crippen LogP contribution >= 0.6 is 11.8 Å². The second kappa shape index (κ2) is 7.45. The second-order valence-corrected chi connectivity index (χ2v) is 9.01. The number of carbonyl (C=O) groups is 2. The van der Waals surface area contributed by atoms with E-state index in [0.29, 0.717) is 11.4 Å². The van der Waals surface area contributed by atoms with Gasteiger partial charge in [0.25, 0.3) is 0 Å². The first-order valence-electron chi connectivity index (χ1n) is 9.05. The molecule has 0 spiro atoms.